The van der Waals surface area contributed by atoms with Gasteiger partial charge in [-0.3, -0.25) is 14.2 Å². The van der Waals surface area contributed by atoms with Crippen LogP contribution in [0, 0.1) is 10.7 Å². The number of nitrogens with zero attached hydrogens (tertiary/aromatic N) is 1. The Balaban J connectivity index is 1.63. The Hall–Kier alpha value is -2.25. The number of aromatic amines is 1. The molecule has 26 heavy (non-hydrogen) atoms. The Labute approximate surface area is 156 Å². The molecular formula is C19H23N3O3S. The van der Waals surface area contributed by atoms with Crippen LogP contribution in [0.3, 0.4) is 0 Å². The molecule has 1 aromatic carbocycles. The van der Waals surface area contributed by atoms with Crippen molar-refractivity contribution in [1.29, 1.82) is 0 Å². The Morgan fingerprint density at radius 1 is 1.46 bits per heavy atom. The maximum Gasteiger partial charge on any atom is 0.262 e. The van der Waals surface area contributed by atoms with Crippen molar-refractivity contribution in [3.63, 3.8) is 0 Å². The minimum atomic E-state index is -0.191. The number of fused-ring (bicyclic) bond motifs is 1. The topological polar surface area (TPSA) is 76.1 Å². The summed E-state index contributed by atoms with van der Waals surface area (Å²) >= 11 is 5.22. The lowest BCUT2D eigenvalue weighted by molar-refractivity contribution is 0.0937. The lowest BCUT2D eigenvalue weighted by Gasteiger charge is -2.08. The molecule has 0 unspecified atom stereocenters. The first-order chi connectivity index (χ1) is 12.6. The molecule has 138 valence electrons. The molecule has 1 aliphatic rings. The van der Waals surface area contributed by atoms with Gasteiger partial charge in [-0.25, -0.2) is 0 Å². The molecule has 0 aliphatic heterocycles. The van der Waals surface area contributed by atoms with Crippen molar-refractivity contribution in [2.75, 3.05) is 19.8 Å². The number of carbonyl (C=O) groups is 1. The maximum absolute atomic E-state index is 12.5. The fraction of sp³-hybridized carbons (Fsp3) is 0.421. The summed E-state index contributed by atoms with van der Waals surface area (Å²) in [5.41, 5.74) is 0.854. The van der Waals surface area contributed by atoms with Gasteiger partial charge in [-0.2, -0.15) is 0 Å². The number of ether oxygens (including phenoxy) is 1. The number of H-pyrrole nitrogens is 1. The molecule has 0 bridgehead atoms. The number of nitrogens with one attached hydrogen (secondary N) is 2. The van der Waals surface area contributed by atoms with Crippen LogP contribution in [0.4, 0.5) is 0 Å². The summed E-state index contributed by atoms with van der Waals surface area (Å²) in [4.78, 5) is 27.8. The third-order valence-corrected chi connectivity index (χ3v) is 4.68. The zero-order valence-electron chi connectivity index (χ0n) is 14.6. The monoisotopic (exact) mass is 373 g/mol. The Morgan fingerprint density at radius 3 is 3.00 bits per heavy atom. The summed E-state index contributed by atoms with van der Waals surface area (Å²) in [5.74, 6) is 0.576. The number of carbonyl (C=O) groups excluding carboxylic acids is 1. The lowest BCUT2D eigenvalue weighted by atomic mass is 10.1. The molecule has 1 aromatic heterocycles. The van der Waals surface area contributed by atoms with E-state index in [1.165, 1.54) is 17.4 Å². The number of aromatic nitrogens is 2. The largest absolute Gasteiger partial charge is 0.381 e. The molecule has 3 rings (SSSR count). The fourth-order valence-corrected chi connectivity index (χ4v) is 2.97. The van der Waals surface area contributed by atoms with E-state index in [4.69, 9.17) is 17.0 Å². The van der Waals surface area contributed by atoms with E-state index in [2.05, 4.69) is 16.9 Å². The summed E-state index contributed by atoms with van der Waals surface area (Å²) in [6.07, 6.45) is 4.95. The van der Waals surface area contributed by atoms with Gasteiger partial charge in [-0.1, -0.05) is 6.08 Å². The van der Waals surface area contributed by atoms with Gasteiger partial charge in [-0.15, -0.1) is 6.58 Å². The van der Waals surface area contributed by atoms with Gasteiger partial charge >= 0.3 is 0 Å². The van der Waals surface area contributed by atoms with Gasteiger partial charge in [0.1, 0.15) is 0 Å². The number of benzene rings is 1. The Bertz CT molecular complexity index is 928. The molecule has 1 fully saturated rings. The van der Waals surface area contributed by atoms with Crippen molar-refractivity contribution < 1.29 is 9.53 Å². The van der Waals surface area contributed by atoms with Gasteiger partial charge in [0.05, 0.1) is 10.9 Å². The summed E-state index contributed by atoms with van der Waals surface area (Å²) in [7, 11) is 0. The third kappa shape index (κ3) is 4.47. The number of rotatable bonds is 9. The Morgan fingerprint density at radius 2 is 2.27 bits per heavy atom. The molecule has 0 saturated heterocycles. The normalized spacial score (nSPS) is 13.7. The van der Waals surface area contributed by atoms with E-state index < -0.39 is 0 Å². The highest BCUT2D eigenvalue weighted by molar-refractivity contribution is 7.71. The molecule has 1 heterocycles. The molecule has 7 heteroatoms. The van der Waals surface area contributed by atoms with Crippen LogP contribution in [-0.4, -0.2) is 35.2 Å². The second-order valence-corrected chi connectivity index (χ2v) is 6.91. The van der Waals surface area contributed by atoms with Gasteiger partial charge in [-0.05, 0) is 55.6 Å². The zero-order valence-corrected chi connectivity index (χ0v) is 15.4. The second-order valence-electron chi connectivity index (χ2n) is 6.52. The number of hydrogen-bond donors (Lipinski definition) is 2. The molecule has 0 radical (unpaired) electrons. The van der Waals surface area contributed by atoms with Gasteiger partial charge < -0.3 is 15.0 Å². The molecule has 0 spiro atoms. The highest BCUT2D eigenvalue weighted by atomic mass is 32.1. The van der Waals surface area contributed by atoms with Crippen molar-refractivity contribution in [3.8, 4) is 0 Å². The fourth-order valence-electron chi connectivity index (χ4n) is 2.70. The molecule has 6 nitrogen and oxygen atoms in total. The molecule has 1 saturated carbocycles. The maximum atomic E-state index is 12.5. The van der Waals surface area contributed by atoms with Crippen molar-refractivity contribution in [2.24, 2.45) is 5.92 Å². The van der Waals surface area contributed by atoms with Crippen molar-refractivity contribution >= 4 is 29.0 Å². The van der Waals surface area contributed by atoms with Crippen LogP contribution >= 0.6 is 12.2 Å². The molecule has 2 aromatic rings. The minimum absolute atomic E-state index is 0.177. The van der Waals surface area contributed by atoms with Gasteiger partial charge in [0.2, 0.25) is 0 Å². The predicted octanol–water partition coefficient (Wildman–Crippen LogP) is 2.79. The van der Waals surface area contributed by atoms with Crippen LogP contribution in [0.25, 0.3) is 10.9 Å². The first-order valence-electron chi connectivity index (χ1n) is 8.84. The summed E-state index contributed by atoms with van der Waals surface area (Å²) in [5, 5.41) is 3.36. The molecule has 0 atom stereocenters. The predicted molar refractivity (Wildman–Crippen MR) is 104 cm³/mol. The minimum Gasteiger partial charge on any atom is -0.381 e. The highest BCUT2D eigenvalue weighted by Crippen LogP contribution is 2.28. The molecule has 2 N–H and O–H groups in total. The van der Waals surface area contributed by atoms with Gasteiger partial charge in [0.15, 0.2) is 4.77 Å². The van der Waals surface area contributed by atoms with E-state index in [1.807, 2.05) is 0 Å². The van der Waals surface area contributed by atoms with Gasteiger partial charge in [0, 0.05) is 31.9 Å². The standard InChI is InChI=1S/C19H23N3O3S/c1-2-9-22-18(24)15-7-6-14(11-16(15)21-19(22)26)17(23)20-8-3-10-25-12-13-4-5-13/h2,6-7,11,13H,1,3-5,8-10,12H2,(H,20,23)(H,21,26). The first kappa shape index (κ1) is 18.5. The molecule has 1 amide bonds. The summed E-state index contributed by atoms with van der Waals surface area (Å²) < 4.78 is 7.30. The first-order valence-corrected chi connectivity index (χ1v) is 9.24. The van der Waals surface area contributed by atoms with E-state index in [-0.39, 0.29) is 11.5 Å². The van der Waals surface area contributed by atoms with E-state index in [0.717, 1.165) is 18.9 Å². The Kier molecular flexibility index (Phi) is 6.00. The summed E-state index contributed by atoms with van der Waals surface area (Å²) in [6, 6.07) is 4.96. The molecule has 1 aliphatic carbocycles. The lowest BCUT2D eigenvalue weighted by Crippen LogP contribution is -2.26. The second kappa shape index (κ2) is 8.42. The van der Waals surface area contributed by atoms with Crippen LogP contribution in [-0.2, 0) is 11.3 Å². The zero-order chi connectivity index (χ0) is 18.5. The number of hydrogen-bond acceptors (Lipinski definition) is 4. The smallest absolute Gasteiger partial charge is 0.262 e. The van der Waals surface area contributed by atoms with Crippen molar-refractivity contribution in [3.05, 3.63) is 51.5 Å². The highest BCUT2D eigenvalue weighted by Gasteiger charge is 2.20. The third-order valence-electron chi connectivity index (χ3n) is 4.36. The van der Waals surface area contributed by atoms with Crippen molar-refractivity contribution in [2.45, 2.75) is 25.8 Å². The van der Waals surface area contributed by atoms with Crippen molar-refractivity contribution in [1.82, 2.24) is 14.9 Å². The average molecular weight is 373 g/mol. The van der Waals surface area contributed by atoms with E-state index in [9.17, 15) is 9.59 Å². The van der Waals surface area contributed by atoms with Crippen LogP contribution in [0.15, 0.2) is 35.6 Å². The van der Waals surface area contributed by atoms with Crippen LogP contribution in [0.2, 0.25) is 0 Å². The number of allylic oxidation sites excluding steroid dienone is 1. The SMILES string of the molecule is C=CCn1c(=S)[nH]c2cc(C(=O)NCCCOCC3CC3)ccc2c1=O. The number of amides is 1. The summed E-state index contributed by atoms with van der Waals surface area (Å²) in [6.45, 7) is 6.02. The van der Waals surface area contributed by atoms with Crippen LogP contribution in [0.5, 0.6) is 0 Å². The van der Waals surface area contributed by atoms with Crippen LogP contribution in [0.1, 0.15) is 29.6 Å². The van der Waals surface area contributed by atoms with E-state index >= 15 is 0 Å². The van der Waals surface area contributed by atoms with E-state index in [1.54, 1.807) is 24.3 Å². The van der Waals surface area contributed by atoms with E-state index in [0.29, 0.717) is 40.9 Å². The van der Waals surface area contributed by atoms with Gasteiger partial charge in [0.25, 0.3) is 11.5 Å². The molecular weight excluding hydrogens is 350 g/mol. The quantitative estimate of drug-likeness (QED) is 0.403. The van der Waals surface area contributed by atoms with Crippen LogP contribution < -0.4 is 10.9 Å². The average Bonchev–Trinajstić information content (AvgIpc) is 3.45.